The summed E-state index contributed by atoms with van der Waals surface area (Å²) in [5, 5.41) is 0. The molecule has 0 spiro atoms. The molecule has 1 aliphatic rings. The molecule has 0 saturated heterocycles. The summed E-state index contributed by atoms with van der Waals surface area (Å²) in [7, 11) is -1.66. The molecule has 21 heavy (non-hydrogen) atoms. The summed E-state index contributed by atoms with van der Waals surface area (Å²) in [6.07, 6.45) is 3.83. The predicted octanol–water partition coefficient (Wildman–Crippen LogP) is 0.477. The van der Waals surface area contributed by atoms with Gasteiger partial charge in [-0.2, -0.15) is 0 Å². The smallest absolute Gasteiger partial charge is 0.242 e. The van der Waals surface area contributed by atoms with Crippen LogP contribution >= 0.6 is 12.2 Å². The minimum Gasteiger partial charge on any atom is -0.388 e. The number of pyridine rings is 1. The average Bonchev–Trinajstić information content (AvgIpc) is 3.28. The van der Waals surface area contributed by atoms with Crippen LogP contribution in [0.1, 0.15) is 25.5 Å². The van der Waals surface area contributed by atoms with Gasteiger partial charge in [-0.25, -0.2) is 13.1 Å². The van der Waals surface area contributed by atoms with Crippen molar-refractivity contribution in [1.82, 2.24) is 14.6 Å². The van der Waals surface area contributed by atoms with Gasteiger partial charge in [0.25, 0.3) is 0 Å². The van der Waals surface area contributed by atoms with Crippen LogP contribution in [0.2, 0.25) is 0 Å². The molecule has 1 unspecified atom stereocenters. The number of sulfonamides is 1. The SMILES string of the molecule is CC(CNS(=O)(=O)c1cccnc1C(N)=S)N(C)C1CC1. The number of hydrogen-bond donors (Lipinski definition) is 2. The van der Waals surface area contributed by atoms with Crippen molar-refractivity contribution in [2.24, 2.45) is 5.73 Å². The summed E-state index contributed by atoms with van der Waals surface area (Å²) in [4.78, 5) is 6.14. The van der Waals surface area contributed by atoms with Crippen molar-refractivity contribution in [3.8, 4) is 0 Å². The van der Waals surface area contributed by atoms with Crippen LogP contribution in [0.5, 0.6) is 0 Å². The average molecular weight is 328 g/mol. The zero-order valence-corrected chi connectivity index (χ0v) is 13.7. The Hall–Kier alpha value is -1.09. The van der Waals surface area contributed by atoms with E-state index in [1.807, 2.05) is 14.0 Å². The molecular formula is C13H20N4O2S2. The number of aromatic nitrogens is 1. The lowest BCUT2D eigenvalue weighted by atomic mass is 10.3. The maximum absolute atomic E-state index is 12.4. The highest BCUT2D eigenvalue weighted by molar-refractivity contribution is 7.89. The summed E-state index contributed by atoms with van der Waals surface area (Å²) in [5.74, 6) is 0. The third-order valence-corrected chi connectivity index (χ3v) is 5.33. The Kier molecular flexibility index (Phi) is 4.92. The normalized spacial score (nSPS) is 16.9. The largest absolute Gasteiger partial charge is 0.388 e. The van der Waals surface area contributed by atoms with E-state index in [0.717, 1.165) is 0 Å². The van der Waals surface area contributed by atoms with Gasteiger partial charge in [0.1, 0.15) is 15.6 Å². The van der Waals surface area contributed by atoms with E-state index in [2.05, 4.69) is 14.6 Å². The summed E-state index contributed by atoms with van der Waals surface area (Å²) < 4.78 is 27.4. The minimum atomic E-state index is -3.68. The maximum Gasteiger partial charge on any atom is 0.242 e. The van der Waals surface area contributed by atoms with Crippen molar-refractivity contribution in [2.75, 3.05) is 13.6 Å². The van der Waals surface area contributed by atoms with E-state index in [0.29, 0.717) is 12.6 Å². The van der Waals surface area contributed by atoms with Crippen LogP contribution in [-0.4, -0.2) is 49.0 Å². The summed E-state index contributed by atoms with van der Waals surface area (Å²) in [6.45, 7) is 2.33. The van der Waals surface area contributed by atoms with Gasteiger partial charge in [-0.1, -0.05) is 12.2 Å². The van der Waals surface area contributed by atoms with Crippen molar-refractivity contribution in [3.63, 3.8) is 0 Å². The van der Waals surface area contributed by atoms with Gasteiger partial charge in [0.15, 0.2) is 0 Å². The molecule has 0 aliphatic heterocycles. The molecule has 1 aromatic heterocycles. The first-order valence-electron chi connectivity index (χ1n) is 6.79. The fourth-order valence-electron chi connectivity index (χ4n) is 2.09. The van der Waals surface area contributed by atoms with Crippen LogP contribution in [0.15, 0.2) is 23.2 Å². The lowest BCUT2D eigenvalue weighted by molar-refractivity contribution is 0.248. The number of nitrogens with one attached hydrogen (secondary N) is 1. The second kappa shape index (κ2) is 6.35. The van der Waals surface area contributed by atoms with Gasteiger partial charge in [-0.05, 0) is 38.9 Å². The quantitative estimate of drug-likeness (QED) is 0.708. The molecule has 0 aromatic carbocycles. The van der Waals surface area contributed by atoms with Crippen LogP contribution in [0, 0.1) is 0 Å². The second-order valence-electron chi connectivity index (χ2n) is 5.31. The maximum atomic E-state index is 12.4. The molecule has 0 bridgehead atoms. The minimum absolute atomic E-state index is 0.0266. The third kappa shape index (κ3) is 3.97. The fourth-order valence-corrected chi connectivity index (χ4v) is 3.60. The summed E-state index contributed by atoms with van der Waals surface area (Å²) in [6, 6.07) is 3.71. The first-order valence-corrected chi connectivity index (χ1v) is 8.68. The predicted molar refractivity (Wildman–Crippen MR) is 85.6 cm³/mol. The van der Waals surface area contributed by atoms with Crippen LogP contribution in [0.25, 0.3) is 0 Å². The van der Waals surface area contributed by atoms with Crippen molar-refractivity contribution >= 4 is 27.2 Å². The number of nitrogens with two attached hydrogens (primary N) is 1. The highest BCUT2D eigenvalue weighted by Gasteiger charge is 2.30. The molecule has 116 valence electrons. The molecule has 1 heterocycles. The zero-order valence-electron chi connectivity index (χ0n) is 12.1. The van der Waals surface area contributed by atoms with Crippen LogP contribution < -0.4 is 10.5 Å². The van der Waals surface area contributed by atoms with E-state index < -0.39 is 10.0 Å². The Balaban J connectivity index is 2.10. The third-order valence-electron chi connectivity index (χ3n) is 3.68. The van der Waals surface area contributed by atoms with Gasteiger partial charge < -0.3 is 5.73 Å². The standard InChI is InChI=1S/C13H20N4O2S2/c1-9(17(2)10-5-6-10)8-16-21(18,19)11-4-3-7-15-12(11)13(14)20/h3-4,7,9-10,16H,5-6,8H2,1-2H3,(H2,14,20). The topological polar surface area (TPSA) is 88.3 Å². The number of thiocarbonyl (C=S) groups is 1. The molecule has 6 nitrogen and oxygen atoms in total. The van der Waals surface area contributed by atoms with Crippen molar-refractivity contribution < 1.29 is 8.42 Å². The Morgan fingerprint density at radius 3 is 2.86 bits per heavy atom. The summed E-state index contributed by atoms with van der Waals surface area (Å²) in [5.41, 5.74) is 5.66. The first kappa shape index (κ1) is 16.3. The number of hydrogen-bond acceptors (Lipinski definition) is 5. The monoisotopic (exact) mass is 328 g/mol. The lowest BCUT2D eigenvalue weighted by Gasteiger charge is -2.24. The van der Waals surface area contributed by atoms with Gasteiger partial charge in [0, 0.05) is 24.8 Å². The van der Waals surface area contributed by atoms with E-state index in [1.165, 1.54) is 25.1 Å². The van der Waals surface area contributed by atoms with Crippen LogP contribution in [-0.2, 0) is 10.0 Å². The Morgan fingerprint density at radius 2 is 2.29 bits per heavy atom. The first-order chi connectivity index (χ1) is 9.83. The van der Waals surface area contributed by atoms with Crippen molar-refractivity contribution in [1.29, 1.82) is 0 Å². The van der Waals surface area contributed by atoms with Crippen LogP contribution in [0.4, 0.5) is 0 Å². The molecule has 0 amide bonds. The highest BCUT2D eigenvalue weighted by atomic mass is 32.2. The molecule has 1 saturated carbocycles. The molecule has 1 fully saturated rings. The molecular weight excluding hydrogens is 308 g/mol. The molecule has 0 radical (unpaired) electrons. The molecule has 2 rings (SSSR count). The van der Waals surface area contributed by atoms with Crippen LogP contribution in [0.3, 0.4) is 0 Å². The molecule has 3 N–H and O–H groups in total. The molecule has 8 heteroatoms. The fraction of sp³-hybridized carbons (Fsp3) is 0.538. The van der Waals surface area contributed by atoms with Gasteiger partial charge in [0.05, 0.1) is 0 Å². The number of nitrogens with zero attached hydrogens (tertiary/aromatic N) is 2. The van der Waals surface area contributed by atoms with Gasteiger partial charge in [-0.3, -0.25) is 9.88 Å². The van der Waals surface area contributed by atoms with E-state index in [-0.39, 0.29) is 21.6 Å². The van der Waals surface area contributed by atoms with Gasteiger partial charge in [0.2, 0.25) is 10.0 Å². The Labute approximate surface area is 130 Å². The molecule has 1 atom stereocenters. The Bertz CT molecular complexity index is 629. The molecule has 1 aromatic rings. The zero-order chi connectivity index (χ0) is 15.6. The summed E-state index contributed by atoms with van der Waals surface area (Å²) >= 11 is 4.85. The van der Waals surface area contributed by atoms with E-state index in [9.17, 15) is 8.42 Å². The number of rotatable bonds is 7. The van der Waals surface area contributed by atoms with Crippen molar-refractivity contribution in [2.45, 2.75) is 36.7 Å². The van der Waals surface area contributed by atoms with E-state index in [1.54, 1.807) is 6.07 Å². The highest BCUT2D eigenvalue weighted by Crippen LogP contribution is 2.26. The second-order valence-corrected chi connectivity index (χ2v) is 7.49. The number of likely N-dealkylation sites (N-methyl/N-ethyl adjacent to an activating group) is 1. The van der Waals surface area contributed by atoms with E-state index >= 15 is 0 Å². The lowest BCUT2D eigenvalue weighted by Crippen LogP contribution is -2.41. The van der Waals surface area contributed by atoms with E-state index in [4.69, 9.17) is 18.0 Å². The van der Waals surface area contributed by atoms with Gasteiger partial charge in [-0.15, -0.1) is 0 Å². The molecule has 1 aliphatic carbocycles. The van der Waals surface area contributed by atoms with Crippen molar-refractivity contribution in [3.05, 3.63) is 24.0 Å². The van der Waals surface area contributed by atoms with Gasteiger partial charge >= 0.3 is 0 Å². The Morgan fingerprint density at radius 1 is 1.62 bits per heavy atom.